The summed E-state index contributed by atoms with van der Waals surface area (Å²) in [5.74, 6) is 1.31. The molecule has 0 saturated heterocycles. The standard InChI is InChI=1S/C25H31N5O3/c1-17-23(28-30(27-17)19-10-7-6-8-11-19)24(31)26-18-14-20-21(32-15-18)12-9-13-22(20)33-25(2,3)16-29(4)5/h6-13,18H,14-16H2,1-5H3,(H,26,31)/t18-/m0/s1. The van der Waals surface area contributed by atoms with Gasteiger partial charge in [0, 0.05) is 18.5 Å². The lowest BCUT2D eigenvalue weighted by atomic mass is 10.0. The number of hydrogen-bond acceptors (Lipinski definition) is 6. The van der Waals surface area contributed by atoms with Crippen LogP contribution in [-0.4, -0.2) is 64.7 Å². The first-order valence-electron chi connectivity index (χ1n) is 11.1. The van der Waals surface area contributed by atoms with E-state index in [9.17, 15) is 4.79 Å². The summed E-state index contributed by atoms with van der Waals surface area (Å²) in [7, 11) is 4.05. The molecule has 1 aliphatic rings. The third-order valence-corrected chi connectivity index (χ3v) is 5.38. The van der Waals surface area contributed by atoms with Gasteiger partial charge in [-0.25, -0.2) is 0 Å². The number of likely N-dealkylation sites (N-methyl/N-ethyl adjacent to an activating group) is 1. The average Bonchev–Trinajstić information content (AvgIpc) is 3.15. The smallest absolute Gasteiger partial charge is 0.274 e. The molecule has 3 aromatic rings. The molecule has 1 aliphatic heterocycles. The van der Waals surface area contributed by atoms with E-state index in [1.165, 1.54) is 4.80 Å². The van der Waals surface area contributed by atoms with Crippen molar-refractivity contribution in [2.45, 2.75) is 38.8 Å². The lowest BCUT2D eigenvalue weighted by Gasteiger charge is -2.33. The summed E-state index contributed by atoms with van der Waals surface area (Å²) in [5.41, 5.74) is 2.27. The molecule has 0 bridgehead atoms. The Hall–Kier alpha value is -3.39. The highest BCUT2D eigenvalue weighted by atomic mass is 16.5. The van der Waals surface area contributed by atoms with Gasteiger partial charge >= 0.3 is 0 Å². The lowest BCUT2D eigenvalue weighted by Crippen LogP contribution is -2.44. The minimum atomic E-state index is -0.373. The quantitative estimate of drug-likeness (QED) is 0.597. The summed E-state index contributed by atoms with van der Waals surface area (Å²) >= 11 is 0. The Morgan fingerprint density at radius 2 is 1.94 bits per heavy atom. The van der Waals surface area contributed by atoms with E-state index < -0.39 is 0 Å². The van der Waals surface area contributed by atoms with E-state index in [0.717, 1.165) is 29.3 Å². The molecule has 1 N–H and O–H groups in total. The molecule has 1 atom stereocenters. The Morgan fingerprint density at radius 3 is 2.67 bits per heavy atom. The molecule has 0 radical (unpaired) electrons. The first-order valence-corrected chi connectivity index (χ1v) is 11.1. The fourth-order valence-corrected chi connectivity index (χ4v) is 4.18. The number of amides is 1. The molecule has 0 aliphatic carbocycles. The van der Waals surface area contributed by atoms with Gasteiger partial charge in [-0.2, -0.15) is 9.90 Å². The van der Waals surface area contributed by atoms with Gasteiger partial charge in [0.25, 0.3) is 5.91 Å². The highest BCUT2D eigenvalue weighted by molar-refractivity contribution is 5.93. The third-order valence-electron chi connectivity index (χ3n) is 5.38. The van der Waals surface area contributed by atoms with E-state index in [1.54, 1.807) is 6.92 Å². The maximum Gasteiger partial charge on any atom is 0.274 e. The molecule has 8 nitrogen and oxygen atoms in total. The van der Waals surface area contributed by atoms with Crippen molar-refractivity contribution < 1.29 is 14.3 Å². The summed E-state index contributed by atoms with van der Waals surface area (Å²) in [4.78, 5) is 16.6. The summed E-state index contributed by atoms with van der Waals surface area (Å²) in [6.45, 7) is 7.07. The zero-order valence-electron chi connectivity index (χ0n) is 19.8. The Kier molecular flexibility index (Phi) is 6.37. The molecule has 33 heavy (non-hydrogen) atoms. The summed E-state index contributed by atoms with van der Waals surface area (Å²) in [6.07, 6.45) is 0.612. The molecule has 4 rings (SSSR count). The fourth-order valence-electron chi connectivity index (χ4n) is 4.18. The zero-order valence-corrected chi connectivity index (χ0v) is 19.8. The van der Waals surface area contributed by atoms with Gasteiger partial charge in [-0.05, 0) is 59.1 Å². The van der Waals surface area contributed by atoms with Crippen LogP contribution in [0.3, 0.4) is 0 Å². The maximum atomic E-state index is 13.0. The molecule has 0 saturated carbocycles. The monoisotopic (exact) mass is 449 g/mol. The van der Waals surface area contributed by atoms with Gasteiger partial charge in [-0.3, -0.25) is 4.79 Å². The normalized spacial score (nSPS) is 15.6. The number of carbonyl (C=O) groups excluding carboxylic acids is 1. The van der Waals surface area contributed by atoms with Crippen LogP contribution in [0.4, 0.5) is 0 Å². The van der Waals surface area contributed by atoms with E-state index in [1.807, 2.05) is 62.6 Å². The molecule has 2 heterocycles. The SMILES string of the molecule is Cc1nn(-c2ccccc2)nc1C(=O)N[C@@H]1COc2cccc(OC(C)(C)CN(C)C)c2C1. The molecule has 1 aromatic heterocycles. The van der Waals surface area contributed by atoms with Gasteiger partial charge in [0.05, 0.1) is 17.4 Å². The number of para-hydroxylation sites is 1. The molecular weight excluding hydrogens is 418 g/mol. The Morgan fingerprint density at radius 1 is 1.18 bits per heavy atom. The van der Waals surface area contributed by atoms with Crippen molar-refractivity contribution in [3.63, 3.8) is 0 Å². The van der Waals surface area contributed by atoms with Crippen molar-refractivity contribution in [1.82, 2.24) is 25.2 Å². The van der Waals surface area contributed by atoms with Crippen LogP contribution in [0, 0.1) is 6.92 Å². The van der Waals surface area contributed by atoms with Crippen molar-refractivity contribution in [2.24, 2.45) is 0 Å². The van der Waals surface area contributed by atoms with Gasteiger partial charge in [-0.1, -0.05) is 24.3 Å². The zero-order chi connectivity index (χ0) is 23.6. The van der Waals surface area contributed by atoms with Crippen molar-refractivity contribution in [1.29, 1.82) is 0 Å². The number of hydrogen-bond donors (Lipinski definition) is 1. The highest BCUT2D eigenvalue weighted by Crippen LogP contribution is 2.35. The van der Waals surface area contributed by atoms with E-state index in [-0.39, 0.29) is 17.6 Å². The van der Waals surface area contributed by atoms with Crippen LogP contribution in [0.15, 0.2) is 48.5 Å². The van der Waals surface area contributed by atoms with Gasteiger partial charge in [0.1, 0.15) is 23.7 Å². The number of ether oxygens (including phenoxy) is 2. The first kappa shape index (κ1) is 22.8. The summed E-state index contributed by atoms with van der Waals surface area (Å²) in [6, 6.07) is 15.2. The van der Waals surface area contributed by atoms with Crippen molar-refractivity contribution in [3.8, 4) is 17.2 Å². The summed E-state index contributed by atoms with van der Waals surface area (Å²) < 4.78 is 12.3. The third kappa shape index (κ3) is 5.34. The first-order chi connectivity index (χ1) is 15.7. The molecule has 2 aromatic carbocycles. The van der Waals surface area contributed by atoms with Crippen LogP contribution in [-0.2, 0) is 6.42 Å². The predicted molar refractivity (Wildman–Crippen MR) is 126 cm³/mol. The van der Waals surface area contributed by atoms with Gasteiger partial charge in [0.15, 0.2) is 5.69 Å². The lowest BCUT2D eigenvalue weighted by molar-refractivity contribution is 0.0742. The predicted octanol–water partition coefficient (Wildman–Crippen LogP) is 3.03. The van der Waals surface area contributed by atoms with E-state index in [0.29, 0.717) is 24.4 Å². The number of aromatic nitrogens is 3. The van der Waals surface area contributed by atoms with Crippen LogP contribution in [0.1, 0.15) is 35.6 Å². The molecule has 0 spiro atoms. The van der Waals surface area contributed by atoms with E-state index in [2.05, 4.69) is 34.3 Å². The van der Waals surface area contributed by atoms with Crippen LogP contribution < -0.4 is 14.8 Å². The van der Waals surface area contributed by atoms with Crippen molar-refractivity contribution in [2.75, 3.05) is 27.2 Å². The molecule has 1 amide bonds. The molecule has 0 unspecified atom stereocenters. The number of carbonyl (C=O) groups is 1. The van der Waals surface area contributed by atoms with Crippen LogP contribution in [0.2, 0.25) is 0 Å². The number of fused-ring (bicyclic) bond motifs is 1. The molecular formula is C25H31N5O3. The molecule has 8 heteroatoms. The van der Waals surface area contributed by atoms with Crippen molar-refractivity contribution in [3.05, 3.63) is 65.5 Å². The largest absolute Gasteiger partial charge is 0.491 e. The Balaban J connectivity index is 1.48. The summed E-state index contributed by atoms with van der Waals surface area (Å²) in [5, 5.41) is 11.9. The highest BCUT2D eigenvalue weighted by Gasteiger charge is 2.29. The Labute approximate surface area is 194 Å². The Bertz CT molecular complexity index is 1120. The second-order valence-electron chi connectivity index (χ2n) is 9.28. The minimum absolute atomic E-state index is 0.201. The second kappa shape index (κ2) is 9.23. The molecule has 0 fully saturated rings. The number of nitrogens with one attached hydrogen (secondary N) is 1. The fraction of sp³-hybridized carbons (Fsp3) is 0.400. The number of benzene rings is 2. The van der Waals surface area contributed by atoms with Crippen molar-refractivity contribution >= 4 is 5.91 Å². The van der Waals surface area contributed by atoms with E-state index in [4.69, 9.17) is 9.47 Å². The maximum absolute atomic E-state index is 13.0. The van der Waals surface area contributed by atoms with Gasteiger partial charge in [0.2, 0.25) is 0 Å². The number of nitrogens with zero attached hydrogens (tertiary/aromatic N) is 4. The van der Waals surface area contributed by atoms with Gasteiger partial charge in [-0.15, -0.1) is 5.10 Å². The topological polar surface area (TPSA) is 81.5 Å². The number of aryl methyl sites for hydroxylation is 1. The van der Waals surface area contributed by atoms with E-state index >= 15 is 0 Å². The van der Waals surface area contributed by atoms with Crippen LogP contribution in [0.25, 0.3) is 5.69 Å². The molecule has 174 valence electrons. The second-order valence-corrected chi connectivity index (χ2v) is 9.28. The minimum Gasteiger partial charge on any atom is -0.491 e. The van der Waals surface area contributed by atoms with Gasteiger partial charge < -0.3 is 19.7 Å². The van der Waals surface area contributed by atoms with Crippen LogP contribution >= 0.6 is 0 Å². The number of rotatable bonds is 7. The van der Waals surface area contributed by atoms with Crippen LogP contribution in [0.5, 0.6) is 11.5 Å². The average molecular weight is 450 g/mol.